The molecule has 2 aliphatic rings. The summed E-state index contributed by atoms with van der Waals surface area (Å²) in [6.45, 7) is 2.32. The minimum absolute atomic E-state index is 1.12. The molecule has 0 aromatic rings. The van der Waals surface area contributed by atoms with Crippen LogP contribution in [0.4, 0.5) is 0 Å². The van der Waals surface area contributed by atoms with Crippen molar-refractivity contribution in [2.24, 2.45) is 17.8 Å². The molecule has 0 aromatic heterocycles. The van der Waals surface area contributed by atoms with E-state index in [4.69, 9.17) is 0 Å². The van der Waals surface area contributed by atoms with Gasteiger partial charge >= 0.3 is 0 Å². The first kappa shape index (κ1) is 6.69. The zero-order valence-electron chi connectivity index (χ0n) is 6.97. The van der Waals surface area contributed by atoms with Gasteiger partial charge in [-0.05, 0) is 37.0 Å². The van der Waals surface area contributed by atoms with Crippen LogP contribution in [0.2, 0.25) is 0 Å². The van der Waals surface area contributed by atoms with Gasteiger partial charge in [-0.15, -0.1) is 0 Å². The van der Waals surface area contributed by atoms with Crippen LogP contribution in [0.3, 0.4) is 0 Å². The predicted molar refractivity (Wildman–Crippen MR) is 43.8 cm³/mol. The Labute approximate surface area is 64.0 Å². The van der Waals surface area contributed by atoms with Crippen LogP contribution in [0.25, 0.3) is 0 Å². The maximum atomic E-state index is 2.32. The van der Waals surface area contributed by atoms with Gasteiger partial charge < -0.3 is 0 Å². The molecule has 58 valence electrons. The summed E-state index contributed by atoms with van der Waals surface area (Å²) in [4.78, 5) is 0. The number of hydrogen-bond donors (Lipinski definition) is 0. The van der Waals surface area contributed by atoms with Crippen LogP contribution in [-0.2, 0) is 0 Å². The summed E-state index contributed by atoms with van der Waals surface area (Å²) in [6.07, 6.45) is 9.19. The predicted octanol–water partition coefficient (Wildman–Crippen LogP) is 3.22. The third-order valence-electron chi connectivity index (χ3n) is 3.35. The van der Waals surface area contributed by atoms with Gasteiger partial charge in [-0.1, -0.05) is 26.2 Å². The SMILES string of the molecule is CCCC1CCC2CC2C1. The minimum Gasteiger partial charge on any atom is -0.0654 e. The Hall–Kier alpha value is 0. The average molecular weight is 138 g/mol. The van der Waals surface area contributed by atoms with Crippen molar-refractivity contribution < 1.29 is 0 Å². The van der Waals surface area contributed by atoms with Gasteiger partial charge in [0.15, 0.2) is 0 Å². The van der Waals surface area contributed by atoms with Crippen molar-refractivity contribution in [2.75, 3.05) is 0 Å². The second-order valence-electron chi connectivity index (χ2n) is 4.22. The van der Waals surface area contributed by atoms with Crippen LogP contribution >= 0.6 is 0 Å². The Morgan fingerprint density at radius 1 is 1.10 bits per heavy atom. The van der Waals surface area contributed by atoms with Gasteiger partial charge in [-0.3, -0.25) is 0 Å². The van der Waals surface area contributed by atoms with E-state index in [9.17, 15) is 0 Å². The molecule has 2 fully saturated rings. The van der Waals surface area contributed by atoms with E-state index in [1.807, 2.05) is 0 Å². The maximum absolute atomic E-state index is 2.32. The second kappa shape index (κ2) is 2.56. The molecule has 0 radical (unpaired) electrons. The van der Waals surface area contributed by atoms with Gasteiger partial charge in [0.2, 0.25) is 0 Å². The van der Waals surface area contributed by atoms with Crippen molar-refractivity contribution in [1.82, 2.24) is 0 Å². The molecule has 2 aliphatic carbocycles. The molecular formula is C10H18. The van der Waals surface area contributed by atoms with E-state index in [-0.39, 0.29) is 0 Å². The van der Waals surface area contributed by atoms with Gasteiger partial charge in [0.1, 0.15) is 0 Å². The summed E-state index contributed by atoms with van der Waals surface area (Å²) < 4.78 is 0. The summed E-state index contributed by atoms with van der Waals surface area (Å²) in [5.74, 6) is 3.49. The van der Waals surface area contributed by atoms with Gasteiger partial charge in [0.05, 0.1) is 0 Å². The Balaban J connectivity index is 1.77. The van der Waals surface area contributed by atoms with E-state index in [1.165, 1.54) is 24.7 Å². The molecule has 3 atom stereocenters. The first-order chi connectivity index (χ1) is 4.90. The highest BCUT2D eigenvalue weighted by Crippen LogP contribution is 2.52. The van der Waals surface area contributed by atoms with Crippen molar-refractivity contribution in [3.8, 4) is 0 Å². The highest BCUT2D eigenvalue weighted by molar-refractivity contribution is 4.91. The molecule has 2 rings (SSSR count). The summed E-state index contributed by atoms with van der Waals surface area (Å²) in [5, 5.41) is 0. The van der Waals surface area contributed by atoms with Crippen LogP contribution in [0, 0.1) is 17.8 Å². The van der Waals surface area contributed by atoms with Crippen LogP contribution in [0.5, 0.6) is 0 Å². The Bertz CT molecular complexity index is 117. The van der Waals surface area contributed by atoms with Gasteiger partial charge in [-0.25, -0.2) is 0 Å². The number of fused-ring (bicyclic) bond motifs is 1. The topological polar surface area (TPSA) is 0 Å². The molecule has 0 N–H and O–H groups in total. The van der Waals surface area contributed by atoms with Crippen LogP contribution in [0.15, 0.2) is 0 Å². The second-order valence-corrected chi connectivity index (χ2v) is 4.22. The third kappa shape index (κ3) is 1.21. The van der Waals surface area contributed by atoms with E-state index >= 15 is 0 Å². The first-order valence-electron chi connectivity index (χ1n) is 4.90. The molecule has 10 heavy (non-hydrogen) atoms. The van der Waals surface area contributed by atoms with Gasteiger partial charge in [-0.2, -0.15) is 0 Å². The molecule has 0 aliphatic heterocycles. The smallest absolute Gasteiger partial charge is 0.0380 e. The van der Waals surface area contributed by atoms with Crippen LogP contribution < -0.4 is 0 Å². The van der Waals surface area contributed by atoms with Crippen LogP contribution in [-0.4, -0.2) is 0 Å². The van der Waals surface area contributed by atoms with E-state index in [1.54, 1.807) is 25.7 Å². The third-order valence-corrected chi connectivity index (χ3v) is 3.35. The van der Waals surface area contributed by atoms with E-state index < -0.39 is 0 Å². The van der Waals surface area contributed by atoms with Crippen molar-refractivity contribution in [1.29, 1.82) is 0 Å². The lowest BCUT2D eigenvalue weighted by atomic mass is 9.86. The van der Waals surface area contributed by atoms with Gasteiger partial charge in [0.25, 0.3) is 0 Å². The Morgan fingerprint density at radius 2 is 2.00 bits per heavy atom. The fraction of sp³-hybridized carbons (Fsp3) is 1.00. The summed E-state index contributed by atoms with van der Waals surface area (Å²) in [6, 6.07) is 0. The van der Waals surface area contributed by atoms with Crippen molar-refractivity contribution >= 4 is 0 Å². The monoisotopic (exact) mass is 138 g/mol. The van der Waals surface area contributed by atoms with E-state index in [0.717, 1.165) is 5.92 Å². The minimum atomic E-state index is 1.12. The molecule has 0 heterocycles. The summed E-state index contributed by atoms with van der Waals surface area (Å²) in [7, 11) is 0. The normalized spacial score (nSPS) is 44.7. The summed E-state index contributed by atoms with van der Waals surface area (Å²) >= 11 is 0. The lowest BCUT2D eigenvalue weighted by Crippen LogP contribution is -2.07. The molecular weight excluding hydrogens is 120 g/mol. The fourth-order valence-corrected chi connectivity index (χ4v) is 2.62. The Kier molecular flexibility index (Phi) is 1.71. The van der Waals surface area contributed by atoms with Crippen molar-refractivity contribution in [3.63, 3.8) is 0 Å². The number of rotatable bonds is 2. The summed E-state index contributed by atoms with van der Waals surface area (Å²) in [5.41, 5.74) is 0. The van der Waals surface area contributed by atoms with E-state index in [0.29, 0.717) is 0 Å². The largest absolute Gasteiger partial charge is 0.0654 e. The highest BCUT2D eigenvalue weighted by Gasteiger charge is 2.41. The quantitative estimate of drug-likeness (QED) is 0.549. The zero-order chi connectivity index (χ0) is 6.97. The molecule has 3 unspecified atom stereocenters. The van der Waals surface area contributed by atoms with Crippen molar-refractivity contribution in [3.05, 3.63) is 0 Å². The Morgan fingerprint density at radius 3 is 2.70 bits per heavy atom. The number of hydrogen-bond acceptors (Lipinski definition) is 0. The molecule has 2 saturated carbocycles. The molecule has 0 nitrogen and oxygen atoms in total. The fourth-order valence-electron chi connectivity index (χ4n) is 2.62. The zero-order valence-corrected chi connectivity index (χ0v) is 6.97. The lowest BCUT2D eigenvalue weighted by molar-refractivity contribution is 0.323. The van der Waals surface area contributed by atoms with Gasteiger partial charge in [0, 0.05) is 0 Å². The highest BCUT2D eigenvalue weighted by atomic mass is 14.5. The maximum Gasteiger partial charge on any atom is -0.0380 e. The molecule has 0 spiro atoms. The average Bonchev–Trinajstić information content (AvgIpc) is 2.66. The standard InChI is InChI=1S/C10H18/c1-2-3-8-4-5-9-7-10(9)6-8/h8-10H,2-7H2,1H3. The molecule has 0 amide bonds. The molecule has 0 saturated heterocycles. The van der Waals surface area contributed by atoms with Crippen LogP contribution in [0.1, 0.15) is 45.4 Å². The molecule has 0 heteroatoms. The van der Waals surface area contributed by atoms with Crippen molar-refractivity contribution in [2.45, 2.75) is 45.4 Å². The molecule has 0 bridgehead atoms. The lowest BCUT2D eigenvalue weighted by Gasteiger charge is -2.19. The molecule has 0 aromatic carbocycles. The van der Waals surface area contributed by atoms with E-state index in [2.05, 4.69) is 6.92 Å². The first-order valence-corrected chi connectivity index (χ1v) is 4.90.